The quantitative estimate of drug-likeness (QED) is 0.364. The molecule has 0 spiro atoms. The molecule has 0 radical (unpaired) electrons. The van der Waals surface area contributed by atoms with Crippen LogP contribution < -0.4 is 14.9 Å². The summed E-state index contributed by atoms with van der Waals surface area (Å²) in [6.45, 7) is 3.53. The Kier molecular flexibility index (Phi) is 6.71. The highest BCUT2D eigenvalue weighted by atomic mass is 16.5. The van der Waals surface area contributed by atoms with Gasteiger partial charge in [-0.2, -0.15) is 5.10 Å². The molecule has 6 nitrogen and oxygen atoms in total. The van der Waals surface area contributed by atoms with Gasteiger partial charge in [0.15, 0.2) is 0 Å². The molecule has 0 unspecified atom stereocenters. The Balaban J connectivity index is 1.81. The minimum absolute atomic E-state index is 0.178. The van der Waals surface area contributed by atoms with Crippen LogP contribution in [0.2, 0.25) is 0 Å². The lowest BCUT2D eigenvalue weighted by Gasteiger charge is -2.08. The van der Waals surface area contributed by atoms with Gasteiger partial charge in [0.1, 0.15) is 11.5 Å². The molecule has 130 valence electrons. The molecular formula is C19H20N2O4. The molecule has 0 aliphatic rings. The Morgan fingerprint density at radius 1 is 1.08 bits per heavy atom. The molecule has 0 fully saturated rings. The second-order valence-electron chi connectivity index (χ2n) is 5.29. The summed E-state index contributed by atoms with van der Waals surface area (Å²) in [7, 11) is 0. The lowest BCUT2D eigenvalue weighted by atomic mass is 10.2. The molecule has 0 aliphatic heterocycles. The molecule has 0 atom stereocenters. The Bertz CT molecular complexity index is 772. The summed E-state index contributed by atoms with van der Waals surface area (Å²) in [6.07, 6.45) is 1.61. The number of carbonyl (C=O) groups is 2. The zero-order valence-corrected chi connectivity index (χ0v) is 14.2. The van der Waals surface area contributed by atoms with Crippen LogP contribution in [0.5, 0.6) is 11.5 Å². The van der Waals surface area contributed by atoms with Crippen LogP contribution in [0.4, 0.5) is 0 Å². The Hall–Kier alpha value is -3.15. The summed E-state index contributed by atoms with van der Waals surface area (Å²) in [4.78, 5) is 22.8. The molecule has 0 heterocycles. The third-order valence-corrected chi connectivity index (χ3v) is 3.25. The predicted octanol–water partition coefficient (Wildman–Crippen LogP) is 2.84. The van der Waals surface area contributed by atoms with E-state index in [9.17, 15) is 9.59 Å². The Labute approximate surface area is 146 Å². The molecule has 1 amide bonds. The van der Waals surface area contributed by atoms with Crippen molar-refractivity contribution in [3.05, 3.63) is 59.7 Å². The van der Waals surface area contributed by atoms with E-state index in [1.165, 1.54) is 13.1 Å². The molecule has 0 saturated heterocycles. The van der Waals surface area contributed by atoms with Crippen molar-refractivity contribution in [2.45, 2.75) is 20.3 Å². The van der Waals surface area contributed by atoms with Crippen LogP contribution in [0.1, 0.15) is 24.5 Å². The number of esters is 1. The van der Waals surface area contributed by atoms with Crippen molar-refractivity contribution in [3.8, 4) is 11.5 Å². The highest BCUT2D eigenvalue weighted by Gasteiger charge is 2.04. The first kappa shape index (κ1) is 18.2. The van der Waals surface area contributed by atoms with Gasteiger partial charge in [-0.3, -0.25) is 9.59 Å². The number of rotatable bonds is 7. The van der Waals surface area contributed by atoms with E-state index in [0.29, 0.717) is 11.3 Å². The fourth-order valence-corrected chi connectivity index (χ4v) is 2.04. The summed E-state index contributed by atoms with van der Waals surface area (Å²) in [6, 6.07) is 14.5. The summed E-state index contributed by atoms with van der Waals surface area (Å²) in [5, 5.41) is 3.88. The molecule has 0 saturated carbocycles. The van der Waals surface area contributed by atoms with Crippen LogP contribution >= 0.6 is 0 Å². The average Bonchev–Trinajstić information content (AvgIpc) is 2.58. The van der Waals surface area contributed by atoms with Crippen molar-refractivity contribution in [3.63, 3.8) is 0 Å². The standard InChI is InChI=1S/C19H20N2O4/c1-14-7-3-5-9-17(14)24-12-11-19(23)21-20-13-16-8-4-6-10-18(16)25-15(2)22/h3-10,13H,11-12H2,1-2H3,(H,21,23). The van der Waals surface area contributed by atoms with Gasteiger partial charge in [0.2, 0.25) is 5.91 Å². The molecule has 2 aromatic rings. The smallest absolute Gasteiger partial charge is 0.308 e. The monoisotopic (exact) mass is 340 g/mol. The number of nitrogens with one attached hydrogen (secondary N) is 1. The number of hydrazone groups is 1. The summed E-state index contributed by atoms with van der Waals surface area (Å²) < 4.78 is 10.6. The van der Waals surface area contributed by atoms with Crippen molar-refractivity contribution in [1.82, 2.24) is 5.43 Å². The lowest BCUT2D eigenvalue weighted by molar-refractivity contribution is -0.132. The maximum absolute atomic E-state index is 11.8. The predicted molar refractivity (Wildman–Crippen MR) is 94.8 cm³/mol. The van der Waals surface area contributed by atoms with E-state index >= 15 is 0 Å². The first-order chi connectivity index (χ1) is 12.1. The van der Waals surface area contributed by atoms with Crippen molar-refractivity contribution in [2.24, 2.45) is 5.10 Å². The Morgan fingerprint density at radius 2 is 1.76 bits per heavy atom. The van der Waals surface area contributed by atoms with E-state index in [2.05, 4.69) is 10.5 Å². The van der Waals surface area contributed by atoms with Crippen LogP contribution in [-0.2, 0) is 9.59 Å². The van der Waals surface area contributed by atoms with Crippen LogP contribution in [0.3, 0.4) is 0 Å². The minimum atomic E-state index is -0.418. The van der Waals surface area contributed by atoms with Gasteiger partial charge < -0.3 is 9.47 Å². The first-order valence-corrected chi connectivity index (χ1v) is 7.84. The van der Waals surface area contributed by atoms with E-state index < -0.39 is 5.97 Å². The molecule has 0 bridgehead atoms. The number of benzene rings is 2. The zero-order chi connectivity index (χ0) is 18.1. The zero-order valence-electron chi connectivity index (χ0n) is 14.2. The SMILES string of the molecule is CC(=O)Oc1ccccc1C=NNC(=O)CCOc1ccccc1C. The van der Waals surface area contributed by atoms with E-state index in [0.717, 1.165) is 11.3 Å². The summed E-state index contributed by atoms with van der Waals surface area (Å²) >= 11 is 0. The Morgan fingerprint density at radius 3 is 2.48 bits per heavy atom. The van der Waals surface area contributed by atoms with Crippen molar-refractivity contribution >= 4 is 18.1 Å². The molecule has 2 rings (SSSR count). The fourth-order valence-electron chi connectivity index (χ4n) is 2.04. The maximum atomic E-state index is 11.8. The van der Waals surface area contributed by atoms with Crippen molar-refractivity contribution < 1.29 is 19.1 Å². The van der Waals surface area contributed by atoms with Gasteiger partial charge in [-0.05, 0) is 30.7 Å². The number of hydrogen-bond acceptors (Lipinski definition) is 5. The van der Waals surface area contributed by atoms with Gasteiger partial charge in [0, 0.05) is 12.5 Å². The van der Waals surface area contributed by atoms with Gasteiger partial charge in [0.25, 0.3) is 0 Å². The molecule has 6 heteroatoms. The van der Waals surface area contributed by atoms with Crippen LogP contribution in [-0.4, -0.2) is 24.7 Å². The van der Waals surface area contributed by atoms with Crippen molar-refractivity contribution in [2.75, 3.05) is 6.61 Å². The number of carbonyl (C=O) groups excluding carboxylic acids is 2. The van der Waals surface area contributed by atoms with Crippen LogP contribution in [0, 0.1) is 6.92 Å². The van der Waals surface area contributed by atoms with E-state index in [-0.39, 0.29) is 18.9 Å². The molecular weight excluding hydrogens is 320 g/mol. The molecule has 2 aromatic carbocycles. The van der Waals surface area contributed by atoms with Gasteiger partial charge in [-0.25, -0.2) is 5.43 Å². The normalized spacial score (nSPS) is 10.5. The van der Waals surface area contributed by atoms with Crippen molar-refractivity contribution in [1.29, 1.82) is 0 Å². The number of ether oxygens (including phenoxy) is 2. The average molecular weight is 340 g/mol. The first-order valence-electron chi connectivity index (χ1n) is 7.84. The second-order valence-corrected chi connectivity index (χ2v) is 5.29. The van der Waals surface area contributed by atoms with E-state index in [1.54, 1.807) is 24.3 Å². The van der Waals surface area contributed by atoms with Gasteiger partial charge >= 0.3 is 5.97 Å². The highest BCUT2D eigenvalue weighted by Crippen LogP contribution is 2.16. The van der Waals surface area contributed by atoms with E-state index in [4.69, 9.17) is 9.47 Å². The molecule has 0 aromatic heterocycles. The largest absolute Gasteiger partial charge is 0.493 e. The minimum Gasteiger partial charge on any atom is -0.493 e. The van der Waals surface area contributed by atoms with E-state index in [1.807, 2.05) is 31.2 Å². The highest BCUT2D eigenvalue weighted by molar-refractivity contribution is 5.86. The summed E-state index contributed by atoms with van der Waals surface area (Å²) in [5.41, 5.74) is 4.03. The number of para-hydroxylation sites is 2. The number of nitrogens with zero attached hydrogens (tertiary/aromatic N) is 1. The van der Waals surface area contributed by atoms with Gasteiger partial charge in [-0.15, -0.1) is 0 Å². The maximum Gasteiger partial charge on any atom is 0.308 e. The number of aryl methyl sites for hydroxylation is 1. The third-order valence-electron chi connectivity index (χ3n) is 3.25. The topological polar surface area (TPSA) is 77.0 Å². The molecule has 25 heavy (non-hydrogen) atoms. The van der Waals surface area contributed by atoms with Gasteiger partial charge in [-0.1, -0.05) is 30.3 Å². The third kappa shape index (κ3) is 6.10. The fraction of sp³-hybridized carbons (Fsp3) is 0.211. The molecule has 0 aliphatic carbocycles. The second kappa shape index (κ2) is 9.22. The lowest BCUT2D eigenvalue weighted by Crippen LogP contribution is -2.20. The number of amides is 1. The van der Waals surface area contributed by atoms with Crippen LogP contribution in [0.15, 0.2) is 53.6 Å². The summed E-state index contributed by atoms with van der Waals surface area (Å²) in [5.74, 6) is 0.457. The van der Waals surface area contributed by atoms with Crippen LogP contribution in [0.25, 0.3) is 0 Å². The molecule has 1 N–H and O–H groups in total. The van der Waals surface area contributed by atoms with Gasteiger partial charge in [0.05, 0.1) is 19.2 Å². The number of hydrogen-bond donors (Lipinski definition) is 1.